The van der Waals surface area contributed by atoms with Crippen LogP contribution in [0.25, 0.3) is 0 Å². The summed E-state index contributed by atoms with van der Waals surface area (Å²) in [5.74, 6) is -1.40. The summed E-state index contributed by atoms with van der Waals surface area (Å²) < 4.78 is 5.07. The molecule has 1 fully saturated rings. The summed E-state index contributed by atoms with van der Waals surface area (Å²) in [5, 5.41) is 2.56. The van der Waals surface area contributed by atoms with Crippen LogP contribution in [0.15, 0.2) is 54.6 Å². The zero-order valence-electron chi connectivity index (χ0n) is 51.0. The normalized spacial score (nSPS) is 13.5. The van der Waals surface area contributed by atoms with Crippen molar-refractivity contribution in [2.75, 3.05) is 31.6 Å². The number of rotatable bonds is 52. The summed E-state index contributed by atoms with van der Waals surface area (Å²) in [6.45, 7) is 6.11. The number of nitrogens with two attached hydrogens (primary N) is 1. The van der Waals surface area contributed by atoms with Gasteiger partial charge in [0.05, 0.1) is 12.2 Å². The average Bonchev–Trinajstić information content (AvgIpc) is 3.99. The second-order valence-corrected chi connectivity index (χ2v) is 23.5. The third-order valence-electron chi connectivity index (χ3n) is 16.4. The number of nitrogens with one attached hydrogen (secondary N) is 3. The van der Waals surface area contributed by atoms with Gasteiger partial charge in [0.15, 0.2) is 6.10 Å². The van der Waals surface area contributed by atoms with Crippen molar-refractivity contribution in [2.24, 2.45) is 5.73 Å². The fourth-order valence-electron chi connectivity index (χ4n) is 11.4. The topological polar surface area (TPSA) is 163 Å². The van der Waals surface area contributed by atoms with Crippen LogP contribution in [0.4, 0.5) is 10.5 Å². The Morgan fingerprint density at radius 1 is 0.537 bits per heavy atom. The molecule has 12 nitrogen and oxygen atoms in total. The minimum absolute atomic E-state index is 0.0518. The standard InChI is InChI=1S/C68H116N6O6/c1-3-5-7-9-11-13-15-17-19-21-23-25-27-29-31-33-35-37-39-44-54-73(55-45-40-38-36-34-32-30-28-26-24-22-20-18-16-14-12-10-8-6-4-2)67(78)60-50-52-61(53-51-60)71-72-65(76)62-49-46-56-74(62)64(75)58-70-66(77)63(80-68(69)79)57-59-47-42-41-43-48-59/h41-43,47-48,50-53,62-63,71H,3-40,44-46,49,54-58H2,1-2H3,(H2,69,79)(H,70,77)(H,72,76)/t62-,63-/m0/s1. The largest absolute Gasteiger partial charge is 0.436 e. The highest BCUT2D eigenvalue weighted by Crippen LogP contribution is 2.21. The van der Waals surface area contributed by atoms with Crippen molar-refractivity contribution in [3.8, 4) is 0 Å². The van der Waals surface area contributed by atoms with Gasteiger partial charge in [0.25, 0.3) is 17.7 Å². The highest BCUT2D eigenvalue weighted by atomic mass is 16.6. The first kappa shape index (κ1) is 69.7. The molecule has 2 aromatic rings. The van der Waals surface area contributed by atoms with Crippen LogP contribution in [0.2, 0.25) is 0 Å². The van der Waals surface area contributed by atoms with E-state index in [1.807, 2.05) is 30.3 Å². The molecule has 0 spiro atoms. The molecule has 0 aliphatic carbocycles. The van der Waals surface area contributed by atoms with Gasteiger partial charge in [-0.2, -0.15) is 0 Å². The number of anilines is 1. The molecule has 1 saturated heterocycles. The van der Waals surface area contributed by atoms with Crippen LogP contribution in [0.1, 0.15) is 299 Å². The number of amides is 5. The SMILES string of the molecule is CCCCCCCCCCCCCCCCCCCCCCN(CCCCCCCCCCCCCCCCCCCCCC)C(=O)c1ccc(NNC(=O)[C@@H]2CCCN2C(=O)CNC(=O)[C@H](Cc2ccccc2)OC(N)=O)cc1. The van der Waals surface area contributed by atoms with Crippen LogP contribution in [-0.4, -0.2) is 77.8 Å². The van der Waals surface area contributed by atoms with E-state index in [1.54, 1.807) is 24.3 Å². The Hall–Kier alpha value is -4.61. The third-order valence-corrected chi connectivity index (χ3v) is 16.4. The summed E-state index contributed by atoms with van der Waals surface area (Å²) >= 11 is 0. The van der Waals surface area contributed by atoms with Gasteiger partial charge in [-0.05, 0) is 55.5 Å². The average molecular weight is 1110 g/mol. The van der Waals surface area contributed by atoms with Gasteiger partial charge in [0, 0.05) is 31.6 Å². The number of hydrazine groups is 1. The molecule has 454 valence electrons. The van der Waals surface area contributed by atoms with E-state index in [0.29, 0.717) is 30.6 Å². The zero-order chi connectivity index (χ0) is 57.4. The first-order valence-corrected chi connectivity index (χ1v) is 33.3. The molecular weight excluding hydrogens is 997 g/mol. The molecule has 0 unspecified atom stereocenters. The predicted molar refractivity (Wildman–Crippen MR) is 332 cm³/mol. The Kier molecular flexibility index (Phi) is 41.8. The Morgan fingerprint density at radius 3 is 1.31 bits per heavy atom. The van der Waals surface area contributed by atoms with Crippen molar-refractivity contribution in [2.45, 2.75) is 302 Å². The van der Waals surface area contributed by atoms with Crippen LogP contribution >= 0.6 is 0 Å². The molecule has 2 atom stereocenters. The van der Waals surface area contributed by atoms with Gasteiger partial charge in [-0.3, -0.25) is 30.0 Å². The second-order valence-electron chi connectivity index (χ2n) is 23.5. The Balaban J connectivity index is 1.37. The van der Waals surface area contributed by atoms with E-state index in [9.17, 15) is 24.0 Å². The quantitative estimate of drug-likeness (QED) is 0.0378. The van der Waals surface area contributed by atoms with Gasteiger partial charge in [0.1, 0.15) is 6.04 Å². The number of likely N-dealkylation sites (tertiary alicyclic amines) is 1. The van der Waals surface area contributed by atoms with E-state index in [0.717, 1.165) is 44.3 Å². The fraction of sp³-hybridized carbons (Fsp3) is 0.750. The molecule has 0 bridgehead atoms. The highest BCUT2D eigenvalue weighted by molar-refractivity contribution is 5.95. The van der Waals surface area contributed by atoms with Gasteiger partial charge in [0.2, 0.25) is 5.91 Å². The fourth-order valence-corrected chi connectivity index (χ4v) is 11.4. The van der Waals surface area contributed by atoms with Crippen molar-refractivity contribution in [3.63, 3.8) is 0 Å². The molecule has 12 heteroatoms. The van der Waals surface area contributed by atoms with E-state index >= 15 is 0 Å². The van der Waals surface area contributed by atoms with E-state index in [-0.39, 0.29) is 24.8 Å². The maximum Gasteiger partial charge on any atom is 0.405 e. The van der Waals surface area contributed by atoms with Crippen molar-refractivity contribution in [1.82, 2.24) is 20.5 Å². The van der Waals surface area contributed by atoms with Crippen LogP contribution < -0.4 is 21.9 Å². The minimum Gasteiger partial charge on any atom is -0.436 e. The summed E-state index contributed by atoms with van der Waals surface area (Å²) in [6, 6.07) is 15.6. The number of hydrogen-bond donors (Lipinski definition) is 4. The number of primary amides is 1. The molecule has 3 rings (SSSR count). The van der Waals surface area contributed by atoms with Crippen LogP contribution in [0, 0.1) is 0 Å². The van der Waals surface area contributed by atoms with E-state index < -0.39 is 30.1 Å². The molecule has 0 saturated carbocycles. The van der Waals surface area contributed by atoms with Crippen molar-refractivity contribution in [3.05, 3.63) is 65.7 Å². The Morgan fingerprint density at radius 2 is 0.925 bits per heavy atom. The number of carbonyl (C=O) groups is 5. The van der Waals surface area contributed by atoms with Gasteiger partial charge in [-0.1, -0.05) is 288 Å². The molecule has 2 aromatic carbocycles. The lowest BCUT2D eigenvalue weighted by Crippen LogP contribution is -2.51. The van der Waals surface area contributed by atoms with Crippen LogP contribution in [0.5, 0.6) is 0 Å². The van der Waals surface area contributed by atoms with E-state index in [1.165, 1.54) is 236 Å². The monoisotopic (exact) mass is 1110 g/mol. The Bertz CT molecular complexity index is 1820. The molecule has 0 radical (unpaired) electrons. The molecule has 1 aliphatic heterocycles. The Labute approximate surface area is 487 Å². The number of hydrogen-bond acceptors (Lipinski definition) is 7. The predicted octanol–water partition coefficient (Wildman–Crippen LogP) is 17.0. The summed E-state index contributed by atoms with van der Waals surface area (Å²) in [7, 11) is 0. The number of unbranched alkanes of at least 4 members (excludes halogenated alkanes) is 38. The summed E-state index contributed by atoms with van der Waals surface area (Å²) in [6.07, 6.45) is 52.8. The first-order valence-electron chi connectivity index (χ1n) is 33.3. The maximum absolute atomic E-state index is 14.1. The minimum atomic E-state index is -1.21. The summed E-state index contributed by atoms with van der Waals surface area (Å²) in [4.78, 5) is 68.8. The molecule has 5 amide bonds. The van der Waals surface area contributed by atoms with E-state index in [2.05, 4.69) is 34.9 Å². The first-order chi connectivity index (χ1) is 39.2. The molecule has 0 aromatic heterocycles. The molecule has 5 N–H and O–H groups in total. The molecular formula is C68H116N6O6. The number of nitrogens with zero attached hydrogens (tertiary/aromatic N) is 2. The highest BCUT2D eigenvalue weighted by Gasteiger charge is 2.34. The second kappa shape index (κ2) is 48.0. The number of benzene rings is 2. The molecule has 1 heterocycles. The van der Waals surface area contributed by atoms with Crippen LogP contribution in [-0.2, 0) is 25.5 Å². The smallest absolute Gasteiger partial charge is 0.405 e. The lowest BCUT2D eigenvalue weighted by molar-refractivity contribution is -0.139. The third kappa shape index (κ3) is 34.6. The van der Waals surface area contributed by atoms with Crippen molar-refractivity contribution >= 4 is 35.4 Å². The van der Waals surface area contributed by atoms with Gasteiger partial charge in [-0.25, -0.2) is 4.79 Å². The zero-order valence-corrected chi connectivity index (χ0v) is 51.0. The van der Waals surface area contributed by atoms with Gasteiger partial charge < -0.3 is 25.6 Å². The van der Waals surface area contributed by atoms with E-state index in [4.69, 9.17) is 10.5 Å². The lowest BCUT2D eigenvalue weighted by Gasteiger charge is -2.25. The number of carbonyl (C=O) groups excluding carboxylic acids is 5. The molecule has 80 heavy (non-hydrogen) atoms. The molecule has 1 aliphatic rings. The lowest BCUT2D eigenvalue weighted by atomic mass is 10.0. The van der Waals surface area contributed by atoms with Crippen molar-refractivity contribution < 1.29 is 28.7 Å². The number of ether oxygens (including phenoxy) is 1. The van der Waals surface area contributed by atoms with Gasteiger partial charge >= 0.3 is 6.09 Å². The summed E-state index contributed by atoms with van der Waals surface area (Å²) in [5.41, 5.74) is 13.0. The maximum atomic E-state index is 14.1. The van der Waals surface area contributed by atoms with Gasteiger partial charge in [-0.15, -0.1) is 0 Å². The van der Waals surface area contributed by atoms with Crippen LogP contribution in [0.3, 0.4) is 0 Å². The van der Waals surface area contributed by atoms with Crippen molar-refractivity contribution in [1.29, 1.82) is 0 Å².